The van der Waals surface area contributed by atoms with Crippen LogP contribution in [-0.2, 0) is 33.8 Å². The van der Waals surface area contributed by atoms with Gasteiger partial charge >= 0.3 is 5.97 Å². The minimum atomic E-state index is -1.36. The van der Waals surface area contributed by atoms with Gasteiger partial charge in [0.15, 0.2) is 17.4 Å². The van der Waals surface area contributed by atoms with Gasteiger partial charge in [-0.2, -0.15) is 4.39 Å². The molecule has 4 N–H and O–H groups in total. The van der Waals surface area contributed by atoms with Gasteiger partial charge in [0.05, 0.1) is 31.6 Å². The van der Waals surface area contributed by atoms with Crippen molar-refractivity contribution in [1.82, 2.24) is 15.1 Å². The van der Waals surface area contributed by atoms with Crippen molar-refractivity contribution in [2.24, 2.45) is 0 Å². The fourth-order valence-electron chi connectivity index (χ4n) is 7.31. The van der Waals surface area contributed by atoms with Crippen LogP contribution in [0.5, 0.6) is 5.75 Å². The molecule has 10 nitrogen and oxygen atoms in total. The Bertz CT molecular complexity index is 1850. The molecule has 2 heterocycles. The number of aliphatic hydroxyl groups is 2. The molecular weight excluding hydrogens is 691 g/mol. The van der Waals surface area contributed by atoms with Gasteiger partial charge in [-0.05, 0) is 78.5 Å². The fraction of sp³-hybridized carbons (Fsp3) is 0.425. The van der Waals surface area contributed by atoms with E-state index in [9.17, 15) is 37.8 Å². The van der Waals surface area contributed by atoms with Crippen LogP contribution in [0.3, 0.4) is 0 Å². The van der Waals surface area contributed by atoms with Crippen LogP contribution in [0.4, 0.5) is 13.2 Å². The van der Waals surface area contributed by atoms with Crippen LogP contribution in [0, 0.1) is 17.5 Å². The first kappa shape index (κ1) is 38.0. The first-order chi connectivity index (χ1) is 25.5. The van der Waals surface area contributed by atoms with Crippen LogP contribution in [0.25, 0.3) is 5.57 Å². The molecule has 0 radical (unpaired) electrons. The lowest BCUT2D eigenvalue weighted by molar-refractivity contribution is -0.141. The van der Waals surface area contributed by atoms with Crippen molar-refractivity contribution in [3.63, 3.8) is 0 Å². The van der Waals surface area contributed by atoms with E-state index < -0.39 is 47.7 Å². The molecule has 53 heavy (non-hydrogen) atoms. The summed E-state index contributed by atoms with van der Waals surface area (Å²) in [6, 6.07) is 16.3. The van der Waals surface area contributed by atoms with Gasteiger partial charge in [-0.25, -0.2) is 8.78 Å². The van der Waals surface area contributed by atoms with Crippen molar-refractivity contribution in [3.05, 3.63) is 106 Å². The zero-order valence-electron chi connectivity index (χ0n) is 29.3. The maximum atomic E-state index is 14.8. The van der Waals surface area contributed by atoms with Gasteiger partial charge in [0.2, 0.25) is 11.7 Å². The number of nitrogens with zero attached hydrogens (tertiary/aromatic N) is 2. The van der Waals surface area contributed by atoms with Crippen LogP contribution in [0.2, 0.25) is 0 Å². The van der Waals surface area contributed by atoms with E-state index in [4.69, 9.17) is 9.84 Å². The number of fused-ring (bicyclic) bond motifs is 2. The molecule has 1 saturated heterocycles. The van der Waals surface area contributed by atoms with Crippen LogP contribution < -0.4 is 10.1 Å². The van der Waals surface area contributed by atoms with Crippen LogP contribution in [0.15, 0.2) is 66.2 Å². The van der Waals surface area contributed by atoms with Crippen LogP contribution in [-0.4, -0.2) is 93.4 Å². The molecule has 0 spiro atoms. The molecule has 3 aromatic rings. The van der Waals surface area contributed by atoms with Crippen molar-refractivity contribution < 1.29 is 47.6 Å². The van der Waals surface area contributed by atoms with Gasteiger partial charge in [-0.15, -0.1) is 0 Å². The Balaban J connectivity index is 1.24. The van der Waals surface area contributed by atoms with Crippen molar-refractivity contribution in [2.75, 3.05) is 26.3 Å². The second-order valence-corrected chi connectivity index (χ2v) is 14.0. The number of halogens is 3. The Hall–Kier alpha value is -4.72. The number of carbonyl (C=O) groups excluding carboxylic acids is 2. The van der Waals surface area contributed by atoms with Crippen molar-refractivity contribution in [1.29, 1.82) is 0 Å². The van der Waals surface area contributed by atoms with Crippen molar-refractivity contribution in [3.8, 4) is 5.75 Å². The van der Waals surface area contributed by atoms with Gasteiger partial charge in [0, 0.05) is 43.9 Å². The highest BCUT2D eigenvalue weighted by Crippen LogP contribution is 2.38. The molecular formula is C40H44F3N3O7. The first-order valence-electron chi connectivity index (χ1n) is 18.0. The van der Waals surface area contributed by atoms with E-state index >= 15 is 0 Å². The standard InChI is InChI=1S/C40H44F3N3O7/c41-32-13-14-33(42)39(38(32)43)53-17-3-4-24-7-9-26(10-8-24)31-18-28-22-45(35(49)19-30(48)20-36(50)51)23-34(44-28)37(31)40(52)46(29-11-12-29)21-27-6-2-1-5-25(27)15-16-47/h1-2,5-10,13-14,28-30,34,44,47-48H,3-4,11-12,15-23H2,(H,50,51)/t28-,30+,34-/m1/s1. The Kier molecular flexibility index (Phi) is 12.2. The third-order valence-electron chi connectivity index (χ3n) is 10.1. The predicted molar refractivity (Wildman–Crippen MR) is 189 cm³/mol. The zero-order chi connectivity index (χ0) is 37.6. The lowest BCUT2D eigenvalue weighted by Crippen LogP contribution is -2.62. The smallest absolute Gasteiger partial charge is 0.305 e. The number of ether oxygens (including phenoxy) is 1. The van der Waals surface area contributed by atoms with Crippen LogP contribution in [0.1, 0.15) is 60.8 Å². The summed E-state index contributed by atoms with van der Waals surface area (Å²) in [6.45, 7) is 0.810. The number of hydrogen-bond acceptors (Lipinski definition) is 7. The Morgan fingerprint density at radius 2 is 1.64 bits per heavy atom. The minimum Gasteiger partial charge on any atom is -0.488 e. The number of rotatable bonds is 16. The van der Waals surface area contributed by atoms with Gasteiger partial charge < -0.3 is 35.2 Å². The maximum Gasteiger partial charge on any atom is 0.305 e. The highest BCUT2D eigenvalue weighted by molar-refractivity contribution is 6.03. The molecule has 6 rings (SSSR count). The van der Waals surface area contributed by atoms with E-state index in [1.165, 1.54) is 0 Å². The van der Waals surface area contributed by atoms with E-state index in [0.29, 0.717) is 50.4 Å². The number of carbonyl (C=O) groups is 3. The van der Waals surface area contributed by atoms with Crippen molar-refractivity contribution >= 4 is 23.4 Å². The predicted octanol–water partition coefficient (Wildman–Crippen LogP) is 4.39. The molecule has 282 valence electrons. The molecule has 2 bridgehead atoms. The first-order valence-corrected chi connectivity index (χ1v) is 18.0. The molecule has 0 unspecified atom stereocenters. The summed E-state index contributed by atoms with van der Waals surface area (Å²) < 4.78 is 46.7. The van der Waals surface area contributed by atoms with Crippen molar-refractivity contribution in [2.45, 2.75) is 82.1 Å². The Labute approximate surface area is 305 Å². The molecule has 2 aliphatic heterocycles. The van der Waals surface area contributed by atoms with Gasteiger partial charge in [-0.3, -0.25) is 14.4 Å². The molecule has 2 fully saturated rings. The van der Waals surface area contributed by atoms with E-state index in [2.05, 4.69) is 5.32 Å². The monoisotopic (exact) mass is 735 g/mol. The molecule has 13 heteroatoms. The SMILES string of the molecule is O=C(O)C[C@@H](O)CC(=O)N1C[C@H]2CC(c3ccc(CCCOc4c(F)ccc(F)c4F)cc3)=C(C(=O)N(Cc3ccccc3CCO)C3CC3)[C@@H](C1)N2. The summed E-state index contributed by atoms with van der Waals surface area (Å²) in [5.74, 6) is -5.98. The Morgan fingerprint density at radius 3 is 2.34 bits per heavy atom. The molecule has 1 saturated carbocycles. The highest BCUT2D eigenvalue weighted by Gasteiger charge is 2.43. The third-order valence-corrected chi connectivity index (χ3v) is 10.1. The Morgan fingerprint density at radius 1 is 0.925 bits per heavy atom. The number of aryl methyl sites for hydroxylation is 1. The summed E-state index contributed by atoms with van der Waals surface area (Å²) in [4.78, 5) is 42.7. The number of carboxylic acid groups (broad SMARTS) is 1. The van der Waals surface area contributed by atoms with Crippen LogP contribution >= 0.6 is 0 Å². The maximum absolute atomic E-state index is 14.8. The van der Waals surface area contributed by atoms with Gasteiger partial charge in [0.1, 0.15) is 0 Å². The molecule has 2 amide bonds. The van der Waals surface area contributed by atoms with E-state index in [1.54, 1.807) is 4.90 Å². The number of aliphatic carboxylic acids is 1. The topological polar surface area (TPSA) is 140 Å². The number of benzene rings is 3. The second-order valence-electron chi connectivity index (χ2n) is 14.0. The minimum absolute atomic E-state index is 0.0186. The molecule has 3 aliphatic rings. The van der Waals surface area contributed by atoms with Gasteiger partial charge in [0.25, 0.3) is 5.91 Å². The van der Waals surface area contributed by atoms with Gasteiger partial charge in [-0.1, -0.05) is 48.5 Å². The summed E-state index contributed by atoms with van der Waals surface area (Å²) in [7, 11) is 0. The largest absolute Gasteiger partial charge is 0.488 e. The third kappa shape index (κ3) is 9.27. The molecule has 1 aliphatic carbocycles. The normalized spacial score (nSPS) is 18.8. The number of nitrogens with one attached hydrogen (secondary N) is 1. The summed E-state index contributed by atoms with van der Waals surface area (Å²) in [5, 5.41) is 32.5. The molecule has 3 atom stereocenters. The molecule has 3 aromatic carbocycles. The zero-order valence-corrected chi connectivity index (χ0v) is 29.3. The quantitative estimate of drug-likeness (QED) is 0.126. The molecule has 0 aromatic heterocycles. The number of hydrogen-bond donors (Lipinski definition) is 4. The van der Waals surface area contributed by atoms with E-state index in [0.717, 1.165) is 46.7 Å². The fourth-order valence-corrected chi connectivity index (χ4v) is 7.31. The number of carboxylic acids is 1. The van der Waals surface area contributed by atoms with E-state index in [1.807, 2.05) is 53.4 Å². The summed E-state index contributed by atoms with van der Waals surface area (Å²) in [5.41, 5.74) is 5.11. The number of piperazine rings is 1. The highest BCUT2D eigenvalue weighted by atomic mass is 19.2. The average Bonchev–Trinajstić information content (AvgIpc) is 3.97. The average molecular weight is 736 g/mol. The lowest BCUT2D eigenvalue weighted by atomic mass is 9.82. The number of aliphatic hydroxyl groups excluding tert-OH is 2. The number of amides is 2. The summed E-state index contributed by atoms with van der Waals surface area (Å²) >= 11 is 0. The summed E-state index contributed by atoms with van der Waals surface area (Å²) in [6.07, 6.45) is 1.36. The van der Waals surface area contributed by atoms with E-state index in [-0.39, 0.29) is 50.1 Å². The second kappa shape index (κ2) is 17.0. The lowest BCUT2D eigenvalue weighted by Gasteiger charge is -2.45.